The summed E-state index contributed by atoms with van der Waals surface area (Å²) in [4.78, 5) is 22.1. The van der Waals surface area contributed by atoms with E-state index in [1.807, 2.05) is 0 Å². The number of carbonyl (C=O) groups excluding carboxylic acids is 1. The summed E-state index contributed by atoms with van der Waals surface area (Å²) in [6.07, 6.45) is -0.813. The van der Waals surface area contributed by atoms with Crippen molar-refractivity contribution in [1.82, 2.24) is 5.43 Å². The minimum atomic E-state index is -1.20. The highest BCUT2D eigenvalue weighted by Gasteiger charge is 2.14. The van der Waals surface area contributed by atoms with E-state index >= 15 is 0 Å². The molecule has 0 fully saturated rings. The molecule has 1 unspecified atom stereocenters. The van der Waals surface area contributed by atoms with Crippen LogP contribution in [0.25, 0.3) is 0 Å². The van der Waals surface area contributed by atoms with Crippen LogP contribution in [0.15, 0.2) is 29.4 Å². The maximum atomic E-state index is 11.6. The molecule has 0 saturated carbocycles. The van der Waals surface area contributed by atoms with Gasteiger partial charge in [0.2, 0.25) is 0 Å². The minimum absolute atomic E-state index is 0.216. The standard InChI is InChI=1S/C12H13ClN2O4/c1-7(12(17)18)14-15-11(16)8(2)19-10-5-3-9(13)4-6-10/h3-6,8H,1-2H3,(H,15,16)(H,17,18)/b14-7-. The molecule has 0 aliphatic rings. The van der Waals surface area contributed by atoms with Gasteiger partial charge in [0.15, 0.2) is 6.10 Å². The SMILES string of the molecule is C/C(=N/NC(=O)C(C)Oc1ccc(Cl)cc1)C(=O)O. The number of ether oxygens (including phenoxy) is 1. The molecule has 0 heterocycles. The molecule has 1 rings (SSSR count). The molecule has 0 aliphatic heterocycles. The van der Waals surface area contributed by atoms with Crippen LogP contribution >= 0.6 is 11.6 Å². The van der Waals surface area contributed by atoms with E-state index in [-0.39, 0.29) is 5.71 Å². The van der Waals surface area contributed by atoms with Crippen molar-refractivity contribution >= 4 is 29.2 Å². The van der Waals surface area contributed by atoms with E-state index < -0.39 is 18.0 Å². The Hall–Kier alpha value is -2.08. The van der Waals surface area contributed by atoms with E-state index in [4.69, 9.17) is 21.4 Å². The van der Waals surface area contributed by atoms with Crippen LogP contribution in [0.1, 0.15) is 13.8 Å². The topological polar surface area (TPSA) is 88.0 Å². The maximum Gasteiger partial charge on any atom is 0.351 e. The smallest absolute Gasteiger partial charge is 0.351 e. The van der Waals surface area contributed by atoms with Gasteiger partial charge in [0.05, 0.1) is 0 Å². The number of benzene rings is 1. The summed E-state index contributed by atoms with van der Waals surface area (Å²) >= 11 is 5.72. The lowest BCUT2D eigenvalue weighted by molar-refractivity contribution is -0.129. The van der Waals surface area contributed by atoms with Gasteiger partial charge in [0.1, 0.15) is 11.5 Å². The molecule has 1 atom stereocenters. The Kier molecular flexibility index (Phi) is 5.32. The van der Waals surface area contributed by atoms with Gasteiger partial charge in [-0.3, -0.25) is 4.79 Å². The second kappa shape index (κ2) is 6.75. The number of aliphatic carboxylic acids is 1. The highest BCUT2D eigenvalue weighted by atomic mass is 35.5. The summed E-state index contributed by atoms with van der Waals surface area (Å²) in [5.41, 5.74) is 1.90. The van der Waals surface area contributed by atoms with Crippen LogP contribution < -0.4 is 10.2 Å². The summed E-state index contributed by atoms with van der Waals surface area (Å²) in [5.74, 6) is -1.27. The first-order valence-electron chi connectivity index (χ1n) is 5.40. The fraction of sp³-hybridized carbons (Fsp3) is 0.250. The molecule has 1 aromatic rings. The lowest BCUT2D eigenvalue weighted by atomic mass is 10.3. The number of rotatable bonds is 5. The van der Waals surface area contributed by atoms with E-state index in [9.17, 15) is 9.59 Å². The van der Waals surface area contributed by atoms with Crippen LogP contribution in [-0.2, 0) is 9.59 Å². The first-order chi connectivity index (χ1) is 8.90. The zero-order valence-corrected chi connectivity index (χ0v) is 11.1. The number of nitrogens with one attached hydrogen (secondary N) is 1. The number of carbonyl (C=O) groups is 2. The van der Waals surface area contributed by atoms with Crippen molar-refractivity contribution in [1.29, 1.82) is 0 Å². The average molecular weight is 285 g/mol. The van der Waals surface area contributed by atoms with Crippen LogP contribution in [0.4, 0.5) is 0 Å². The number of carboxylic acid groups (broad SMARTS) is 1. The summed E-state index contributed by atoms with van der Waals surface area (Å²) in [6.45, 7) is 2.79. The summed E-state index contributed by atoms with van der Waals surface area (Å²) in [5, 5.41) is 12.5. The number of hydrogen-bond donors (Lipinski definition) is 2. The predicted octanol–water partition coefficient (Wildman–Crippen LogP) is 1.68. The van der Waals surface area contributed by atoms with Crippen molar-refractivity contribution in [2.75, 3.05) is 0 Å². The van der Waals surface area contributed by atoms with Crippen molar-refractivity contribution in [3.05, 3.63) is 29.3 Å². The summed E-state index contributed by atoms with van der Waals surface area (Å²) < 4.78 is 5.34. The van der Waals surface area contributed by atoms with Crippen LogP contribution in [0, 0.1) is 0 Å². The first-order valence-corrected chi connectivity index (χ1v) is 5.77. The van der Waals surface area contributed by atoms with Crippen LogP contribution in [-0.4, -0.2) is 28.8 Å². The van der Waals surface area contributed by atoms with Gasteiger partial charge in [-0.05, 0) is 38.1 Å². The Balaban J connectivity index is 2.56. The summed E-state index contributed by atoms with van der Waals surface area (Å²) in [6, 6.07) is 6.51. The molecule has 0 spiro atoms. The van der Waals surface area contributed by atoms with Gasteiger partial charge in [0, 0.05) is 5.02 Å². The van der Waals surface area contributed by atoms with Gasteiger partial charge in [-0.1, -0.05) is 11.6 Å². The van der Waals surface area contributed by atoms with E-state index in [0.29, 0.717) is 10.8 Å². The monoisotopic (exact) mass is 284 g/mol. The molecule has 0 saturated heterocycles. The number of carboxylic acids is 1. The zero-order valence-electron chi connectivity index (χ0n) is 10.4. The molecule has 0 radical (unpaired) electrons. The highest BCUT2D eigenvalue weighted by molar-refractivity contribution is 6.34. The Bertz CT molecular complexity index is 499. The van der Waals surface area contributed by atoms with Crippen molar-refractivity contribution in [2.45, 2.75) is 20.0 Å². The van der Waals surface area contributed by atoms with Crippen LogP contribution in [0.5, 0.6) is 5.75 Å². The van der Waals surface area contributed by atoms with E-state index in [2.05, 4.69) is 10.5 Å². The minimum Gasteiger partial charge on any atom is -0.481 e. The Morgan fingerprint density at radius 1 is 1.37 bits per heavy atom. The second-order valence-electron chi connectivity index (χ2n) is 3.69. The third kappa shape index (κ3) is 4.97. The quantitative estimate of drug-likeness (QED) is 0.636. The largest absolute Gasteiger partial charge is 0.481 e. The number of hydrogen-bond acceptors (Lipinski definition) is 4. The van der Waals surface area contributed by atoms with Gasteiger partial charge >= 0.3 is 5.97 Å². The number of nitrogens with zero attached hydrogens (tertiary/aromatic N) is 1. The van der Waals surface area contributed by atoms with Crippen molar-refractivity contribution < 1.29 is 19.4 Å². The molecule has 2 N–H and O–H groups in total. The molecule has 19 heavy (non-hydrogen) atoms. The molecule has 1 aromatic carbocycles. The molecule has 0 bridgehead atoms. The summed E-state index contributed by atoms with van der Waals surface area (Å²) in [7, 11) is 0. The number of amides is 1. The molecule has 1 amide bonds. The molecule has 102 valence electrons. The van der Waals surface area contributed by atoms with Gasteiger partial charge in [-0.15, -0.1) is 0 Å². The lowest BCUT2D eigenvalue weighted by Gasteiger charge is -2.12. The van der Waals surface area contributed by atoms with Crippen LogP contribution in [0.2, 0.25) is 5.02 Å². The van der Waals surface area contributed by atoms with Gasteiger partial charge in [0.25, 0.3) is 5.91 Å². The molecule has 7 heteroatoms. The van der Waals surface area contributed by atoms with E-state index in [1.54, 1.807) is 24.3 Å². The average Bonchev–Trinajstić information content (AvgIpc) is 2.37. The van der Waals surface area contributed by atoms with Crippen molar-refractivity contribution in [3.63, 3.8) is 0 Å². The molecule has 0 aliphatic carbocycles. The predicted molar refractivity (Wildman–Crippen MR) is 70.4 cm³/mol. The first kappa shape index (κ1) is 15.0. The zero-order chi connectivity index (χ0) is 14.4. The molecule has 0 aromatic heterocycles. The van der Waals surface area contributed by atoms with Crippen molar-refractivity contribution in [3.8, 4) is 5.75 Å². The molecular formula is C12H13ClN2O4. The highest BCUT2D eigenvalue weighted by Crippen LogP contribution is 2.16. The molecule has 6 nitrogen and oxygen atoms in total. The third-order valence-corrected chi connectivity index (χ3v) is 2.39. The van der Waals surface area contributed by atoms with Gasteiger partial charge < -0.3 is 9.84 Å². The van der Waals surface area contributed by atoms with Gasteiger partial charge in [-0.25, -0.2) is 10.2 Å². The number of hydrazone groups is 1. The normalized spacial score (nSPS) is 12.7. The van der Waals surface area contributed by atoms with Crippen molar-refractivity contribution in [2.24, 2.45) is 5.10 Å². The third-order valence-electron chi connectivity index (χ3n) is 2.14. The number of halogens is 1. The fourth-order valence-electron chi connectivity index (χ4n) is 1.05. The maximum absolute atomic E-state index is 11.6. The Morgan fingerprint density at radius 3 is 2.47 bits per heavy atom. The van der Waals surface area contributed by atoms with E-state index in [0.717, 1.165) is 0 Å². The Morgan fingerprint density at radius 2 is 1.95 bits per heavy atom. The van der Waals surface area contributed by atoms with Gasteiger partial charge in [-0.2, -0.15) is 5.10 Å². The van der Waals surface area contributed by atoms with E-state index in [1.165, 1.54) is 13.8 Å². The second-order valence-corrected chi connectivity index (χ2v) is 4.13. The Labute approximate surface area is 115 Å². The van der Waals surface area contributed by atoms with Crippen LogP contribution in [0.3, 0.4) is 0 Å². The molecular weight excluding hydrogens is 272 g/mol. The lowest BCUT2D eigenvalue weighted by Crippen LogP contribution is -2.34. The fourth-order valence-corrected chi connectivity index (χ4v) is 1.17.